The lowest BCUT2D eigenvalue weighted by Gasteiger charge is -2.36. The summed E-state index contributed by atoms with van der Waals surface area (Å²) in [6, 6.07) is 32.3. The maximum Gasteiger partial charge on any atom is 0.253 e. The standard InChI is InChI=1S/C29H24N4O/c34-29(24-15-14-21-8-4-5-11-23(21)20-24)33-18-16-32(17-19-33)28-25-12-6-7-13-26(25)30-27(31-28)22-9-2-1-3-10-22/h1-15,20H,16-19H2. The molecule has 2 heterocycles. The topological polar surface area (TPSA) is 49.3 Å². The second-order valence-corrected chi connectivity index (χ2v) is 8.60. The van der Waals surface area contributed by atoms with E-state index in [0.29, 0.717) is 13.1 Å². The monoisotopic (exact) mass is 444 g/mol. The predicted octanol–water partition coefficient (Wildman–Crippen LogP) is 5.41. The predicted molar refractivity (Wildman–Crippen MR) is 137 cm³/mol. The third-order valence-corrected chi connectivity index (χ3v) is 6.48. The summed E-state index contributed by atoms with van der Waals surface area (Å²) in [5.41, 5.74) is 2.67. The number of hydrogen-bond acceptors (Lipinski definition) is 4. The summed E-state index contributed by atoms with van der Waals surface area (Å²) in [5, 5.41) is 3.28. The molecule has 4 aromatic carbocycles. The van der Waals surface area contributed by atoms with Crippen molar-refractivity contribution in [2.45, 2.75) is 0 Å². The molecule has 1 fully saturated rings. The normalized spacial score (nSPS) is 14.0. The van der Waals surface area contributed by atoms with Crippen LogP contribution < -0.4 is 4.90 Å². The number of piperazine rings is 1. The van der Waals surface area contributed by atoms with E-state index in [1.807, 2.05) is 83.8 Å². The Morgan fingerprint density at radius 2 is 1.38 bits per heavy atom. The number of fused-ring (bicyclic) bond motifs is 2. The smallest absolute Gasteiger partial charge is 0.253 e. The van der Waals surface area contributed by atoms with Gasteiger partial charge in [0.05, 0.1) is 5.52 Å². The fourth-order valence-corrected chi connectivity index (χ4v) is 4.64. The molecule has 1 amide bonds. The van der Waals surface area contributed by atoms with Crippen LogP contribution in [0.2, 0.25) is 0 Å². The van der Waals surface area contributed by atoms with Crippen molar-refractivity contribution in [2.75, 3.05) is 31.1 Å². The number of carbonyl (C=O) groups is 1. The Labute approximate surface area is 198 Å². The van der Waals surface area contributed by atoms with E-state index in [0.717, 1.165) is 57.5 Å². The highest BCUT2D eigenvalue weighted by molar-refractivity contribution is 5.99. The van der Waals surface area contributed by atoms with Crippen molar-refractivity contribution in [3.05, 3.63) is 103 Å². The number of benzene rings is 4. The fourth-order valence-electron chi connectivity index (χ4n) is 4.64. The Morgan fingerprint density at radius 1 is 0.676 bits per heavy atom. The molecule has 0 saturated carbocycles. The van der Waals surface area contributed by atoms with Crippen LogP contribution in [0.15, 0.2) is 97.1 Å². The number of anilines is 1. The lowest BCUT2D eigenvalue weighted by Crippen LogP contribution is -2.49. The lowest BCUT2D eigenvalue weighted by atomic mass is 10.1. The van der Waals surface area contributed by atoms with Crippen LogP contribution in [-0.4, -0.2) is 47.0 Å². The third kappa shape index (κ3) is 3.75. The van der Waals surface area contributed by atoms with E-state index < -0.39 is 0 Å². The van der Waals surface area contributed by atoms with Crippen molar-refractivity contribution in [3.8, 4) is 11.4 Å². The molecule has 5 heteroatoms. The summed E-state index contributed by atoms with van der Waals surface area (Å²) < 4.78 is 0. The van der Waals surface area contributed by atoms with Crippen LogP contribution in [-0.2, 0) is 0 Å². The molecular formula is C29H24N4O. The van der Waals surface area contributed by atoms with Gasteiger partial charge in [0.1, 0.15) is 5.82 Å². The average Bonchev–Trinajstić information content (AvgIpc) is 2.92. The summed E-state index contributed by atoms with van der Waals surface area (Å²) in [4.78, 5) is 27.2. The molecule has 1 saturated heterocycles. The van der Waals surface area contributed by atoms with Crippen LogP contribution >= 0.6 is 0 Å². The molecule has 0 bridgehead atoms. The zero-order chi connectivity index (χ0) is 22.9. The Hall–Kier alpha value is -4.25. The van der Waals surface area contributed by atoms with Gasteiger partial charge in [0.25, 0.3) is 5.91 Å². The highest BCUT2D eigenvalue weighted by Crippen LogP contribution is 2.28. The number of hydrogen-bond donors (Lipinski definition) is 0. The number of rotatable bonds is 3. The average molecular weight is 445 g/mol. The summed E-state index contributed by atoms with van der Waals surface area (Å²) in [6.07, 6.45) is 0. The van der Waals surface area contributed by atoms with Crippen LogP contribution in [0.1, 0.15) is 10.4 Å². The van der Waals surface area contributed by atoms with Gasteiger partial charge in [-0.05, 0) is 35.0 Å². The zero-order valence-electron chi connectivity index (χ0n) is 18.8. The molecule has 5 aromatic rings. The molecule has 5 nitrogen and oxygen atoms in total. The number of para-hydroxylation sites is 1. The maximum absolute atomic E-state index is 13.2. The van der Waals surface area contributed by atoms with Gasteiger partial charge in [-0.15, -0.1) is 0 Å². The SMILES string of the molecule is O=C(c1ccc2ccccc2c1)N1CCN(c2nc(-c3ccccc3)nc3ccccc23)CC1. The molecule has 0 unspecified atom stereocenters. The maximum atomic E-state index is 13.2. The minimum Gasteiger partial charge on any atom is -0.352 e. The Bertz CT molecular complexity index is 1490. The summed E-state index contributed by atoms with van der Waals surface area (Å²) in [5.74, 6) is 1.74. The minimum atomic E-state index is 0.0860. The van der Waals surface area contributed by atoms with E-state index in [1.165, 1.54) is 0 Å². The largest absolute Gasteiger partial charge is 0.352 e. The van der Waals surface area contributed by atoms with Crippen LogP contribution in [0.4, 0.5) is 5.82 Å². The first kappa shape index (κ1) is 20.4. The Morgan fingerprint density at radius 3 is 2.21 bits per heavy atom. The molecule has 0 spiro atoms. The first-order valence-electron chi connectivity index (χ1n) is 11.6. The quantitative estimate of drug-likeness (QED) is 0.373. The fraction of sp³-hybridized carbons (Fsp3) is 0.138. The molecule has 0 atom stereocenters. The molecule has 0 aliphatic carbocycles. The highest BCUT2D eigenvalue weighted by atomic mass is 16.2. The van der Waals surface area contributed by atoms with Crippen LogP contribution in [0.5, 0.6) is 0 Å². The second-order valence-electron chi connectivity index (χ2n) is 8.60. The molecule has 0 N–H and O–H groups in total. The van der Waals surface area contributed by atoms with Gasteiger partial charge in [0.15, 0.2) is 5.82 Å². The zero-order valence-corrected chi connectivity index (χ0v) is 18.8. The van der Waals surface area contributed by atoms with Crippen LogP contribution in [0, 0.1) is 0 Å². The van der Waals surface area contributed by atoms with Gasteiger partial charge in [-0.3, -0.25) is 4.79 Å². The third-order valence-electron chi connectivity index (χ3n) is 6.48. The number of amides is 1. The minimum absolute atomic E-state index is 0.0860. The molecular weight excluding hydrogens is 420 g/mol. The van der Waals surface area contributed by atoms with E-state index in [2.05, 4.69) is 23.1 Å². The van der Waals surface area contributed by atoms with Gasteiger partial charge in [-0.25, -0.2) is 9.97 Å². The molecule has 1 aromatic heterocycles. The Balaban J connectivity index is 1.26. The molecule has 166 valence electrons. The molecule has 6 rings (SSSR count). The number of aromatic nitrogens is 2. The van der Waals surface area contributed by atoms with E-state index >= 15 is 0 Å². The van der Waals surface area contributed by atoms with Gasteiger partial charge in [0.2, 0.25) is 0 Å². The molecule has 1 aliphatic rings. The summed E-state index contributed by atoms with van der Waals surface area (Å²) in [6.45, 7) is 2.78. The van der Waals surface area contributed by atoms with Crippen molar-refractivity contribution in [2.24, 2.45) is 0 Å². The molecule has 34 heavy (non-hydrogen) atoms. The highest BCUT2D eigenvalue weighted by Gasteiger charge is 2.25. The van der Waals surface area contributed by atoms with Crippen molar-refractivity contribution >= 4 is 33.4 Å². The van der Waals surface area contributed by atoms with Gasteiger partial charge >= 0.3 is 0 Å². The van der Waals surface area contributed by atoms with E-state index in [-0.39, 0.29) is 5.91 Å². The van der Waals surface area contributed by atoms with Gasteiger partial charge < -0.3 is 9.80 Å². The second kappa shape index (κ2) is 8.60. The summed E-state index contributed by atoms with van der Waals surface area (Å²) >= 11 is 0. The van der Waals surface area contributed by atoms with E-state index in [4.69, 9.17) is 9.97 Å². The molecule has 0 radical (unpaired) electrons. The first-order valence-corrected chi connectivity index (χ1v) is 11.6. The van der Waals surface area contributed by atoms with Crippen LogP contribution in [0.25, 0.3) is 33.1 Å². The lowest BCUT2D eigenvalue weighted by molar-refractivity contribution is 0.0747. The van der Waals surface area contributed by atoms with Crippen molar-refractivity contribution in [1.82, 2.24) is 14.9 Å². The molecule has 1 aliphatic heterocycles. The number of carbonyl (C=O) groups excluding carboxylic acids is 1. The van der Waals surface area contributed by atoms with E-state index in [9.17, 15) is 4.79 Å². The number of nitrogens with zero attached hydrogens (tertiary/aromatic N) is 4. The van der Waals surface area contributed by atoms with Crippen molar-refractivity contribution in [1.29, 1.82) is 0 Å². The van der Waals surface area contributed by atoms with Crippen molar-refractivity contribution in [3.63, 3.8) is 0 Å². The van der Waals surface area contributed by atoms with Crippen molar-refractivity contribution < 1.29 is 4.79 Å². The van der Waals surface area contributed by atoms with Gasteiger partial charge in [0, 0.05) is 42.7 Å². The summed E-state index contributed by atoms with van der Waals surface area (Å²) in [7, 11) is 0. The van der Waals surface area contributed by atoms with Gasteiger partial charge in [-0.2, -0.15) is 0 Å². The van der Waals surface area contributed by atoms with E-state index in [1.54, 1.807) is 0 Å². The van der Waals surface area contributed by atoms with Crippen LogP contribution in [0.3, 0.4) is 0 Å². The first-order chi connectivity index (χ1) is 16.8. The Kier molecular flexibility index (Phi) is 5.15. The van der Waals surface area contributed by atoms with Gasteiger partial charge in [-0.1, -0.05) is 72.8 Å².